The van der Waals surface area contributed by atoms with Crippen LogP contribution >= 0.6 is 0 Å². The molecule has 0 aromatic heterocycles. The van der Waals surface area contributed by atoms with Gasteiger partial charge >= 0.3 is 0 Å². The molecule has 0 saturated carbocycles. The molecule has 3 rings (SSSR count). The number of benzene rings is 2. The fourth-order valence-electron chi connectivity index (χ4n) is 3.03. The normalized spacial score (nSPS) is 16.8. The summed E-state index contributed by atoms with van der Waals surface area (Å²) in [5.41, 5.74) is 2.09. The van der Waals surface area contributed by atoms with E-state index in [1.54, 1.807) is 4.90 Å². The van der Waals surface area contributed by atoms with Gasteiger partial charge in [0.25, 0.3) is 5.91 Å². The molecule has 1 atom stereocenters. The first-order chi connectivity index (χ1) is 12.5. The lowest BCUT2D eigenvalue weighted by molar-refractivity contribution is -0.123. The average Bonchev–Trinajstić information content (AvgIpc) is 3.01. The lowest BCUT2D eigenvalue weighted by Crippen LogP contribution is -2.39. The highest BCUT2D eigenvalue weighted by Crippen LogP contribution is 2.21. The predicted octanol–water partition coefficient (Wildman–Crippen LogP) is 3.11. The molecule has 0 aliphatic carbocycles. The van der Waals surface area contributed by atoms with Crippen LogP contribution in [0.25, 0.3) is 0 Å². The fourth-order valence-corrected chi connectivity index (χ4v) is 3.03. The molecule has 1 fully saturated rings. The quantitative estimate of drug-likeness (QED) is 0.869. The van der Waals surface area contributed by atoms with Crippen molar-refractivity contribution in [2.45, 2.75) is 32.2 Å². The number of rotatable bonds is 6. The van der Waals surface area contributed by atoms with E-state index in [-0.39, 0.29) is 24.5 Å². The van der Waals surface area contributed by atoms with E-state index in [0.717, 1.165) is 5.69 Å². The lowest BCUT2D eigenvalue weighted by Gasteiger charge is -2.17. The highest BCUT2D eigenvalue weighted by atomic mass is 16.5. The van der Waals surface area contributed by atoms with Crippen LogP contribution in [0.3, 0.4) is 0 Å². The van der Waals surface area contributed by atoms with Crippen LogP contribution in [0.4, 0.5) is 5.69 Å². The zero-order chi connectivity index (χ0) is 18.5. The summed E-state index contributed by atoms with van der Waals surface area (Å²) in [5.74, 6) is 0.926. The Morgan fingerprint density at radius 3 is 2.50 bits per heavy atom. The van der Waals surface area contributed by atoms with Crippen molar-refractivity contribution < 1.29 is 14.3 Å². The lowest BCUT2D eigenvalue weighted by atomic mass is 10.0. The first-order valence-electron chi connectivity index (χ1n) is 8.90. The van der Waals surface area contributed by atoms with Gasteiger partial charge in [0, 0.05) is 18.7 Å². The molecule has 2 amide bonds. The Balaban J connectivity index is 1.49. The van der Waals surface area contributed by atoms with Crippen LogP contribution in [-0.4, -0.2) is 31.0 Å². The largest absolute Gasteiger partial charge is 0.484 e. The van der Waals surface area contributed by atoms with Gasteiger partial charge in [-0.1, -0.05) is 44.2 Å². The van der Waals surface area contributed by atoms with Crippen LogP contribution in [0.2, 0.25) is 0 Å². The SMILES string of the molecule is CC(C)c1ccc(OCC(=O)NC2CC(=O)N(c3ccccc3)C2)cc1. The van der Waals surface area contributed by atoms with Crippen LogP contribution in [0.15, 0.2) is 54.6 Å². The third-order valence-electron chi connectivity index (χ3n) is 4.47. The summed E-state index contributed by atoms with van der Waals surface area (Å²) in [5, 5.41) is 2.88. The zero-order valence-electron chi connectivity index (χ0n) is 15.1. The molecule has 2 aromatic carbocycles. The van der Waals surface area contributed by atoms with Crippen molar-refractivity contribution in [1.82, 2.24) is 5.32 Å². The Hall–Kier alpha value is -2.82. The molecule has 0 spiro atoms. The molecular weight excluding hydrogens is 328 g/mol. The summed E-state index contributed by atoms with van der Waals surface area (Å²) in [6.45, 7) is 4.69. The van der Waals surface area contributed by atoms with Crippen LogP contribution in [-0.2, 0) is 9.59 Å². The van der Waals surface area contributed by atoms with Crippen LogP contribution in [0.5, 0.6) is 5.75 Å². The number of carbonyl (C=O) groups is 2. The fraction of sp³-hybridized carbons (Fsp3) is 0.333. The molecule has 1 aliphatic heterocycles. The van der Waals surface area contributed by atoms with Crippen molar-refractivity contribution in [3.63, 3.8) is 0 Å². The number of ether oxygens (including phenoxy) is 1. The summed E-state index contributed by atoms with van der Waals surface area (Å²) >= 11 is 0. The van der Waals surface area contributed by atoms with Crippen molar-refractivity contribution in [2.75, 3.05) is 18.1 Å². The minimum Gasteiger partial charge on any atom is -0.484 e. The van der Waals surface area contributed by atoms with Crippen molar-refractivity contribution >= 4 is 17.5 Å². The van der Waals surface area contributed by atoms with E-state index in [0.29, 0.717) is 24.6 Å². The zero-order valence-corrected chi connectivity index (χ0v) is 15.1. The van der Waals surface area contributed by atoms with E-state index in [1.807, 2.05) is 54.6 Å². The molecular formula is C21H24N2O3. The van der Waals surface area contributed by atoms with Crippen molar-refractivity contribution in [2.24, 2.45) is 0 Å². The van der Waals surface area contributed by atoms with E-state index in [2.05, 4.69) is 19.2 Å². The Labute approximate surface area is 154 Å². The standard InChI is InChI=1S/C21H24N2O3/c1-15(2)16-8-10-19(11-9-16)26-14-20(24)22-17-12-21(25)23(13-17)18-6-4-3-5-7-18/h3-11,15,17H,12-14H2,1-2H3,(H,22,24). The molecule has 1 saturated heterocycles. The summed E-state index contributed by atoms with van der Waals surface area (Å²) in [7, 11) is 0. The molecule has 1 N–H and O–H groups in total. The first-order valence-corrected chi connectivity index (χ1v) is 8.90. The molecule has 5 nitrogen and oxygen atoms in total. The number of para-hydroxylation sites is 1. The van der Waals surface area contributed by atoms with Gasteiger partial charge in [0.2, 0.25) is 5.91 Å². The van der Waals surface area contributed by atoms with E-state index in [9.17, 15) is 9.59 Å². The summed E-state index contributed by atoms with van der Waals surface area (Å²) in [4.78, 5) is 26.0. The third kappa shape index (κ3) is 4.42. The molecule has 136 valence electrons. The maximum absolute atomic E-state index is 12.2. The van der Waals surface area contributed by atoms with E-state index < -0.39 is 0 Å². The smallest absolute Gasteiger partial charge is 0.258 e. The second-order valence-electron chi connectivity index (χ2n) is 6.82. The van der Waals surface area contributed by atoms with Gasteiger partial charge in [-0.2, -0.15) is 0 Å². The number of nitrogens with one attached hydrogen (secondary N) is 1. The number of amides is 2. The molecule has 0 bridgehead atoms. The third-order valence-corrected chi connectivity index (χ3v) is 4.47. The Bertz CT molecular complexity index is 757. The van der Waals surface area contributed by atoms with E-state index >= 15 is 0 Å². The molecule has 0 radical (unpaired) electrons. The van der Waals surface area contributed by atoms with Crippen LogP contribution < -0.4 is 15.0 Å². The maximum atomic E-state index is 12.2. The van der Waals surface area contributed by atoms with Gasteiger partial charge in [0.1, 0.15) is 5.75 Å². The highest BCUT2D eigenvalue weighted by molar-refractivity contribution is 5.96. The Morgan fingerprint density at radius 2 is 1.85 bits per heavy atom. The van der Waals surface area contributed by atoms with Crippen molar-refractivity contribution in [3.8, 4) is 5.75 Å². The molecule has 5 heteroatoms. The van der Waals surface area contributed by atoms with Gasteiger partial charge < -0.3 is 15.0 Å². The number of hydrogen-bond acceptors (Lipinski definition) is 3. The molecule has 2 aromatic rings. The maximum Gasteiger partial charge on any atom is 0.258 e. The summed E-state index contributed by atoms with van der Waals surface area (Å²) in [6.07, 6.45) is 0.309. The Morgan fingerprint density at radius 1 is 1.15 bits per heavy atom. The highest BCUT2D eigenvalue weighted by Gasteiger charge is 2.31. The van der Waals surface area contributed by atoms with Crippen molar-refractivity contribution in [3.05, 3.63) is 60.2 Å². The number of anilines is 1. The van der Waals surface area contributed by atoms with Gasteiger partial charge in [0.15, 0.2) is 6.61 Å². The van der Waals surface area contributed by atoms with Crippen LogP contribution in [0.1, 0.15) is 31.7 Å². The predicted molar refractivity (Wildman–Crippen MR) is 101 cm³/mol. The second-order valence-corrected chi connectivity index (χ2v) is 6.82. The van der Waals surface area contributed by atoms with Gasteiger partial charge in [0.05, 0.1) is 6.04 Å². The van der Waals surface area contributed by atoms with Gasteiger partial charge in [-0.15, -0.1) is 0 Å². The summed E-state index contributed by atoms with van der Waals surface area (Å²) in [6, 6.07) is 17.1. The molecule has 26 heavy (non-hydrogen) atoms. The van der Waals surface area contributed by atoms with Gasteiger partial charge in [-0.3, -0.25) is 9.59 Å². The molecule has 1 heterocycles. The van der Waals surface area contributed by atoms with Crippen molar-refractivity contribution in [1.29, 1.82) is 0 Å². The van der Waals surface area contributed by atoms with Crippen LogP contribution in [0, 0.1) is 0 Å². The number of hydrogen-bond donors (Lipinski definition) is 1. The minimum absolute atomic E-state index is 0.0201. The second kappa shape index (κ2) is 8.04. The topological polar surface area (TPSA) is 58.6 Å². The molecule has 1 aliphatic rings. The minimum atomic E-state index is -0.217. The molecule has 1 unspecified atom stereocenters. The first kappa shape index (κ1) is 18.0. The number of nitrogens with zero attached hydrogens (tertiary/aromatic N) is 1. The Kier molecular flexibility index (Phi) is 5.56. The van der Waals surface area contributed by atoms with Gasteiger partial charge in [-0.25, -0.2) is 0 Å². The van der Waals surface area contributed by atoms with E-state index in [4.69, 9.17) is 4.74 Å². The summed E-state index contributed by atoms with van der Waals surface area (Å²) < 4.78 is 5.54. The van der Waals surface area contributed by atoms with Gasteiger partial charge in [-0.05, 0) is 35.7 Å². The number of carbonyl (C=O) groups excluding carboxylic acids is 2. The average molecular weight is 352 g/mol. The monoisotopic (exact) mass is 352 g/mol. The van der Waals surface area contributed by atoms with E-state index in [1.165, 1.54) is 5.56 Å².